The van der Waals surface area contributed by atoms with E-state index >= 15 is 0 Å². The monoisotopic (exact) mass is 265 g/mol. The first-order valence-electron chi connectivity index (χ1n) is 5.93. The highest BCUT2D eigenvalue weighted by Gasteiger charge is 2.10. The largest absolute Gasteiger partial charge is 0.393 e. The number of H-pyrrole nitrogens is 1. The van der Waals surface area contributed by atoms with Crippen LogP contribution in [-0.4, -0.2) is 9.78 Å². The second-order valence-electron chi connectivity index (χ2n) is 4.27. The SMILES string of the molecule is CCCc1[nH]n(Cc2ccc(Cl)cc2)c(=O)c1N. The van der Waals surface area contributed by atoms with Crippen molar-refractivity contribution in [2.45, 2.75) is 26.3 Å². The van der Waals surface area contributed by atoms with Crippen molar-refractivity contribution in [1.29, 1.82) is 0 Å². The van der Waals surface area contributed by atoms with Crippen LogP contribution in [0, 0.1) is 0 Å². The van der Waals surface area contributed by atoms with Gasteiger partial charge >= 0.3 is 0 Å². The lowest BCUT2D eigenvalue weighted by Gasteiger charge is -2.02. The van der Waals surface area contributed by atoms with Crippen LogP contribution >= 0.6 is 11.6 Å². The highest BCUT2D eigenvalue weighted by molar-refractivity contribution is 6.30. The normalized spacial score (nSPS) is 10.8. The van der Waals surface area contributed by atoms with Gasteiger partial charge in [-0.1, -0.05) is 37.1 Å². The molecule has 0 atom stereocenters. The molecule has 3 N–H and O–H groups in total. The molecule has 4 nitrogen and oxygen atoms in total. The summed E-state index contributed by atoms with van der Waals surface area (Å²) in [6, 6.07) is 7.40. The molecule has 0 spiro atoms. The minimum Gasteiger partial charge on any atom is -0.393 e. The standard InChI is InChI=1S/C13H16ClN3O/c1-2-3-11-12(15)13(18)17(16-11)8-9-4-6-10(14)7-5-9/h4-7,16H,2-3,8,15H2,1H3. The summed E-state index contributed by atoms with van der Waals surface area (Å²) in [4.78, 5) is 11.9. The van der Waals surface area contributed by atoms with E-state index in [1.54, 1.807) is 12.1 Å². The summed E-state index contributed by atoms with van der Waals surface area (Å²) in [6.07, 6.45) is 1.74. The maximum absolute atomic E-state index is 11.9. The molecule has 1 aromatic heterocycles. The molecular weight excluding hydrogens is 250 g/mol. The number of nitrogens with one attached hydrogen (secondary N) is 1. The van der Waals surface area contributed by atoms with Crippen LogP contribution in [0.25, 0.3) is 0 Å². The van der Waals surface area contributed by atoms with E-state index in [9.17, 15) is 4.79 Å². The van der Waals surface area contributed by atoms with Crippen molar-refractivity contribution in [3.8, 4) is 0 Å². The van der Waals surface area contributed by atoms with Gasteiger partial charge < -0.3 is 5.73 Å². The van der Waals surface area contributed by atoms with Crippen molar-refractivity contribution in [3.05, 3.63) is 50.9 Å². The molecule has 0 amide bonds. The zero-order valence-corrected chi connectivity index (χ0v) is 11.0. The summed E-state index contributed by atoms with van der Waals surface area (Å²) in [5, 5.41) is 3.74. The number of nitrogens with zero attached hydrogens (tertiary/aromatic N) is 1. The molecule has 1 aromatic carbocycles. The average Bonchev–Trinajstić information content (AvgIpc) is 2.61. The van der Waals surface area contributed by atoms with Gasteiger partial charge in [0.1, 0.15) is 5.69 Å². The van der Waals surface area contributed by atoms with Crippen LogP contribution in [-0.2, 0) is 13.0 Å². The zero-order chi connectivity index (χ0) is 13.1. The number of anilines is 1. The molecule has 0 saturated heterocycles. The molecule has 2 rings (SSSR count). The van der Waals surface area contributed by atoms with E-state index in [0.717, 1.165) is 24.1 Å². The predicted molar refractivity (Wildman–Crippen MR) is 74.0 cm³/mol. The number of benzene rings is 1. The summed E-state index contributed by atoms with van der Waals surface area (Å²) >= 11 is 5.82. The Bertz CT molecular complexity index is 583. The van der Waals surface area contributed by atoms with Crippen molar-refractivity contribution in [1.82, 2.24) is 9.78 Å². The number of aryl methyl sites for hydroxylation is 1. The number of nitrogens with two attached hydrogens (primary N) is 1. The summed E-state index contributed by atoms with van der Waals surface area (Å²) in [5.74, 6) is 0. The fourth-order valence-corrected chi connectivity index (χ4v) is 2.00. The first-order chi connectivity index (χ1) is 8.61. The average molecular weight is 266 g/mol. The summed E-state index contributed by atoms with van der Waals surface area (Å²) in [6.45, 7) is 2.53. The van der Waals surface area contributed by atoms with Crippen molar-refractivity contribution in [2.75, 3.05) is 5.73 Å². The van der Waals surface area contributed by atoms with Crippen molar-refractivity contribution in [2.24, 2.45) is 0 Å². The van der Waals surface area contributed by atoms with Crippen LogP contribution in [0.1, 0.15) is 24.6 Å². The molecule has 96 valence electrons. The molecule has 0 aliphatic heterocycles. The van der Waals surface area contributed by atoms with Crippen molar-refractivity contribution < 1.29 is 0 Å². The molecular formula is C13H16ClN3O. The Balaban J connectivity index is 2.26. The molecule has 5 heteroatoms. The lowest BCUT2D eigenvalue weighted by atomic mass is 10.2. The number of hydrogen-bond donors (Lipinski definition) is 2. The minimum absolute atomic E-state index is 0.159. The van der Waals surface area contributed by atoms with Gasteiger partial charge in [0.15, 0.2) is 0 Å². The predicted octanol–water partition coefficient (Wildman–Crippen LogP) is 2.41. The Morgan fingerprint density at radius 3 is 2.61 bits per heavy atom. The molecule has 0 saturated carbocycles. The molecule has 1 heterocycles. The van der Waals surface area contributed by atoms with E-state index in [1.807, 2.05) is 19.1 Å². The van der Waals surface area contributed by atoms with Gasteiger partial charge in [-0.3, -0.25) is 9.89 Å². The van der Waals surface area contributed by atoms with Gasteiger partial charge in [-0.25, -0.2) is 4.68 Å². The summed E-state index contributed by atoms with van der Waals surface area (Å²) < 4.78 is 1.53. The maximum atomic E-state index is 11.9. The number of rotatable bonds is 4. The molecule has 18 heavy (non-hydrogen) atoms. The summed E-state index contributed by atoms with van der Waals surface area (Å²) in [5.41, 5.74) is 7.77. The van der Waals surface area contributed by atoms with Gasteiger partial charge in [-0.2, -0.15) is 0 Å². The number of halogens is 1. The molecule has 0 unspecified atom stereocenters. The minimum atomic E-state index is -0.159. The van der Waals surface area contributed by atoms with E-state index < -0.39 is 0 Å². The zero-order valence-electron chi connectivity index (χ0n) is 10.2. The van der Waals surface area contributed by atoms with Crippen LogP contribution in [0.15, 0.2) is 29.1 Å². The van der Waals surface area contributed by atoms with Gasteiger partial charge in [0.25, 0.3) is 5.56 Å². The van der Waals surface area contributed by atoms with Crippen LogP contribution in [0.4, 0.5) is 5.69 Å². The van der Waals surface area contributed by atoms with Gasteiger partial charge in [0, 0.05) is 5.02 Å². The van der Waals surface area contributed by atoms with Gasteiger partial charge in [-0.05, 0) is 24.1 Å². The van der Waals surface area contributed by atoms with Gasteiger partial charge in [0.2, 0.25) is 0 Å². The smallest absolute Gasteiger partial charge is 0.290 e. The highest BCUT2D eigenvalue weighted by atomic mass is 35.5. The third-order valence-corrected chi connectivity index (χ3v) is 3.08. The van der Waals surface area contributed by atoms with Crippen LogP contribution in [0.2, 0.25) is 5.02 Å². The van der Waals surface area contributed by atoms with Crippen molar-refractivity contribution >= 4 is 17.3 Å². The third kappa shape index (κ3) is 2.59. The number of hydrogen-bond acceptors (Lipinski definition) is 2. The molecule has 0 aliphatic rings. The van der Waals surface area contributed by atoms with E-state index in [4.69, 9.17) is 17.3 Å². The van der Waals surface area contributed by atoms with Gasteiger partial charge in [-0.15, -0.1) is 0 Å². The lowest BCUT2D eigenvalue weighted by molar-refractivity contribution is 0.648. The summed E-state index contributed by atoms with van der Waals surface area (Å²) in [7, 11) is 0. The Labute approximate surface area is 110 Å². The molecule has 0 bridgehead atoms. The van der Waals surface area contributed by atoms with Crippen LogP contribution < -0.4 is 11.3 Å². The Kier molecular flexibility index (Phi) is 3.77. The maximum Gasteiger partial charge on any atom is 0.290 e. The molecule has 0 radical (unpaired) electrons. The molecule has 2 aromatic rings. The Hall–Kier alpha value is -1.68. The number of nitrogen functional groups attached to an aromatic ring is 1. The highest BCUT2D eigenvalue weighted by Crippen LogP contribution is 2.11. The van der Waals surface area contributed by atoms with E-state index in [2.05, 4.69) is 5.10 Å². The number of aromatic amines is 1. The fourth-order valence-electron chi connectivity index (χ4n) is 1.87. The topological polar surface area (TPSA) is 63.8 Å². The molecule has 0 fully saturated rings. The van der Waals surface area contributed by atoms with Gasteiger partial charge in [0.05, 0.1) is 12.2 Å². The first kappa shape index (κ1) is 12.8. The van der Waals surface area contributed by atoms with Crippen molar-refractivity contribution in [3.63, 3.8) is 0 Å². The fraction of sp³-hybridized carbons (Fsp3) is 0.308. The van der Waals surface area contributed by atoms with Crippen LogP contribution in [0.3, 0.4) is 0 Å². The second-order valence-corrected chi connectivity index (χ2v) is 4.71. The van der Waals surface area contributed by atoms with E-state index in [-0.39, 0.29) is 5.56 Å². The second kappa shape index (κ2) is 5.31. The van der Waals surface area contributed by atoms with E-state index in [1.165, 1.54) is 4.68 Å². The first-order valence-corrected chi connectivity index (χ1v) is 6.31. The Morgan fingerprint density at radius 2 is 2.00 bits per heavy atom. The quantitative estimate of drug-likeness (QED) is 0.892. The third-order valence-electron chi connectivity index (χ3n) is 2.82. The number of aromatic nitrogens is 2. The van der Waals surface area contributed by atoms with E-state index in [0.29, 0.717) is 17.3 Å². The molecule has 0 aliphatic carbocycles. The van der Waals surface area contributed by atoms with Crippen LogP contribution in [0.5, 0.6) is 0 Å². The lowest BCUT2D eigenvalue weighted by Crippen LogP contribution is -2.19. The Morgan fingerprint density at radius 1 is 1.33 bits per heavy atom.